The maximum absolute atomic E-state index is 5.52. The molecule has 1 aromatic rings. The molecule has 0 aliphatic rings. The molecule has 1 N–H and O–H groups in total. The molecule has 0 spiro atoms. The van der Waals surface area contributed by atoms with Gasteiger partial charge in [0.05, 0.1) is 13.7 Å². The van der Waals surface area contributed by atoms with E-state index in [2.05, 4.69) is 31.3 Å². The molecule has 0 aliphatic carbocycles. The van der Waals surface area contributed by atoms with Gasteiger partial charge in [0.25, 0.3) is 0 Å². The Morgan fingerprint density at radius 3 is 2.83 bits per heavy atom. The van der Waals surface area contributed by atoms with Crippen molar-refractivity contribution in [2.24, 2.45) is 0 Å². The standard InChI is InChI=1S/C15H25NO2/c1-4-5-10-18-11-9-16-13(2)14-7-6-8-15(12-14)17-3/h6-8,12-13,16H,4-5,9-11H2,1-3H3/t13-/m0/s1. The number of hydrogen-bond donors (Lipinski definition) is 1. The largest absolute Gasteiger partial charge is 0.497 e. The summed E-state index contributed by atoms with van der Waals surface area (Å²) in [6.07, 6.45) is 2.33. The summed E-state index contributed by atoms with van der Waals surface area (Å²) in [7, 11) is 1.69. The van der Waals surface area contributed by atoms with E-state index in [4.69, 9.17) is 9.47 Å². The number of benzene rings is 1. The highest BCUT2D eigenvalue weighted by Crippen LogP contribution is 2.18. The van der Waals surface area contributed by atoms with Gasteiger partial charge < -0.3 is 14.8 Å². The zero-order chi connectivity index (χ0) is 13.2. The summed E-state index contributed by atoms with van der Waals surface area (Å²) >= 11 is 0. The van der Waals surface area contributed by atoms with E-state index in [0.29, 0.717) is 6.04 Å². The van der Waals surface area contributed by atoms with Crippen molar-refractivity contribution in [2.75, 3.05) is 26.9 Å². The van der Waals surface area contributed by atoms with E-state index < -0.39 is 0 Å². The van der Waals surface area contributed by atoms with Gasteiger partial charge in [-0.3, -0.25) is 0 Å². The van der Waals surface area contributed by atoms with Crippen molar-refractivity contribution in [3.63, 3.8) is 0 Å². The fraction of sp³-hybridized carbons (Fsp3) is 0.600. The molecule has 0 radical (unpaired) electrons. The minimum absolute atomic E-state index is 0.315. The lowest BCUT2D eigenvalue weighted by Crippen LogP contribution is -2.23. The Morgan fingerprint density at radius 1 is 1.28 bits per heavy atom. The first-order valence-electron chi connectivity index (χ1n) is 6.73. The second-order valence-electron chi connectivity index (χ2n) is 4.42. The highest BCUT2D eigenvalue weighted by atomic mass is 16.5. The minimum Gasteiger partial charge on any atom is -0.497 e. The Bertz CT molecular complexity index is 328. The van der Waals surface area contributed by atoms with Crippen molar-refractivity contribution in [2.45, 2.75) is 32.7 Å². The van der Waals surface area contributed by atoms with E-state index in [-0.39, 0.29) is 0 Å². The third kappa shape index (κ3) is 5.52. The summed E-state index contributed by atoms with van der Waals surface area (Å²) in [4.78, 5) is 0. The fourth-order valence-electron chi connectivity index (χ4n) is 1.72. The van der Waals surface area contributed by atoms with Crippen LogP contribution in [0.2, 0.25) is 0 Å². The maximum atomic E-state index is 5.52. The van der Waals surface area contributed by atoms with E-state index in [0.717, 1.165) is 31.9 Å². The Balaban J connectivity index is 2.25. The number of nitrogens with one attached hydrogen (secondary N) is 1. The van der Waals surface area contributed by atoms with E-state index >= 15 is 0 Å². The van der Waals surface area contributed by atoms with Crippen LogP contribution in [-0.4, -0.2) is 26.9 Å². The van der Waals surface area contributed by atoms with Gasteiger partial charge >= 0.3 is 0 Å². The van der Waals surface area contributed by atoms with Gasteiger partial charge in [0, 0.05) is 19.2 Å². The van der Waals surface area contributed by atoms with E-state index in [1.165, 1.54) is 12.0 Å². The highest BCUT2D eigenvalue weighted by molar-refractivity contribution is 5.30. The average Bonchev–Trinajstić information content (AvgIpc) is 2.42. The molecule has 0 aliphatic heterocycles. The van der Waals surface area contributed by atoms with Gasteiger partial charge in [-0.1, -0.05) is 25.5 Å². The van der Waals surface area contributed by atoms with E-state index in [1.54, 1.807) is 7.11 Å². The zero-order valence-electron chi connectivity index (χ0n) is 11.7. The first-order valence-corrected chi connectivity index (χ1v) is 6.73. The zero-order valence-corrected chi connectivity index (χ0v) is 11.7. The predicted molar refractivity (Wildman–Crippen MR) is 75.1 cm³/mol. The lowest BCUT2D eigenvalue weighted by atomic mass is 10.1. The first kappa shape index (κ1) is 15.0. The second kappa shape index (κ2) is 8.95. The Kier molecular flexibility index (Phi) is 7.46. The van der Waals surface area contributed by atoms with Gasteiger partial charge in [0.2, 0.25) is 0 Å². The molecule has 0 aromatic heterocycles. The van der Waals surface area contributed by atoms with Gasteiger partial charge in [-0.15, -0.1) is 0 Å². The molecule has 3 heteroatoms. The van der Waals surface area contributed by atoms with Crippen LogP contribution in [0.3, 0.4) is 0 Å². The SMILES string of the molecule is CCCCOCCN[C@@H](C)c1cccc(OC)c1. The molecular formula is C15H25NO2. The van der Waals surface area contributed by atoms with Crippen molar-refractivity contribution in [1.82, 2.24) is 5.32 Å². The molecule has 0 saturated carbocycles. The second-order valence-corrected chi connectivity index (χ2v) is 4.42. The van der Waals surface area contributed by atoms with Crippen molar-refractivity contribution in [1.29, 1.82) is 0 Å². The van der Waals surface area contributed by atoms with Crippen LogP contribution in [0.25, 0.3) is 0 Å². The number of ether oxygens (including phenoxy) is 2. The van der Waals surface area contributed by atoms with Crippen molar-refractivity contribution in [3.8, 4) is 5.75 Å². The summed E-state index contributed by atoms with van der Waals surface area (Å²) < 4.78 is 10.7. The van der Waals surface area contributed by atoms with E-state index in [1.807, 2.05) is 12.1 Å². The molecule has 0 unspecified atom stereocenters. The molecule has 18 heavy (non-hydrogen) atoms. The summed E-state index contributed by atoms with van der Waals surface area (Å²) in [6, 6.07) is 8.47. The molecule has 0 saturated heterocycles. The quantitative estimate of drug-likeness (QED) is 0.684. The van der Waals surface area contributed by atoms with Gasteiger partial charge in [0.15, 0.2) is 0 Å². The van der Waals surface area contributed by atoms with E-state index in [9.17, 15) is 0 Å². The number of hydrogen-bond acceptors (Lipinski definition) is 3. The molecule has 0 heterocycles. The van der Waals surface area contributed by atoms with Crippen LogP contribution in [-0.2, 0) is 4.74 Å². The summed E-state index contributed by atoms with van der Waals surface area (Å²) in [5, 5.41) is 3.45. The van der Waals surface area contributed by atoms with Gasteiger partial charge in [-0.2, -0.15) is 0 Å². The Labute approximate surface area is 110 Å². The Hall–Kier alpha value is -1.06. The molecule has 3 nitrogen and oxygen atoms in total. The van der Waals surface area contributed by atoms with Crippen LogP contribution in [0.1, 0.15) is 38.3 Å². The molecule has 1 rings (SSSR count). The molecule has 102 valence electrons. The third-order valence-electron chi connectivity index (χ3n) is 2.93. The van der Waals surface area contributed by atoms with Crippen LogP contribution in [0.4, 0.5) is 0 Å². The predicted octanol–water partition coefficient (Wildman–Crippen LogP) is 3.16. The monoisotopic (exact) mass is 251 g/mol. The smallest absolute Gasteiger partial charge is 0.119 e. The lowest BCUT2D eigenvalue weighted by Gasteiger charge is -2.15. The Morgan fingerprint density at radius 2 is 2.11 bits per heavy atom. The lowest BCUT2D eigenvalue weighted by molar-refractivity contribution is 0.131. The summed E-state index contributed by atoms with van der Waals surface area (Å²) in [5.74, 6) is 0.903. The van der Waals surface area contributed by atoms with Gasteiger partial charge in [-0.05, 0) is 31.0 Å². The number of unbranched alkanes of at least 4 members (excludes halogenated alkanes) is 1. The maximum Gasteiger partial charge on any atom is 0.119 e. The van der Waals surface area contributed by atoms with Gasteiger partial charge in [0.1, 0.15) is 5.75 Å². The van der Waals surface area contributed by atoms with Crippen molar-refractivity contribution < 1.29 is 9.47 Å². The van der Waals surface area contributed by atoms with Crippen molar-refractivity contribution >= 4 is 0 Å². The van der Waals surface area contributed by atoms with Gasteiger partial charge in [-0.25, -0.2) is 0 Å². The fourth-order valence-corrected chi connectivity index (χ4v) is 1.72. The molecule has 0 fully saturated rings. The number of methoxy groups -OCH3 is 1. The average molecular weight is 251 g/mol. The van der Waals surface area contributed by atoms with Crippen LogP contribution < -0.4 is 10.1 Å². The minimum atomic E-state index is 0.315. The summed E-state index contributed by atoms with van der Waals surface area (Å²) in [5.41, 5.74) is 1.24. The molecule has 0 bridgehead atoms. The third-order valence-corrected chi connectivity index (χ3v) is 2.93. The first-order chi connectivity index (χ1) is 8.77. The normalized spacial score (nSPS) is 12.4. The van der Waals surface area contributed by atoms with Crippen LogP contribution in [0.5, 0.6) is 5.75 Å². The topological polar surface area (TPSA) is 30.5 Å². The molecule has 1 aromatic carbocycles. The van der Waals surface area contributed by atoms with Crippen molar-refractivity contribution in [3.05, 3.63) is 29.8 Å². The molecule has 0 amide bonds. The van der Waals surface area contributed by atoms with Crippen LogP contribution >= 0.6 is 0 Å². The summed E-state index contributed by atoms with van der Waals surface area (Å²) in [6.45, 7) is 6.84. The molecule has 1 atom stereocenters. The number of rotatable bonds is 9. The van der Waals surface area contributed by atoms with Crippen LogP contribution in [0, 0.1) is 0 Å². The highest BCUT2D eigenvalue weighted by Gasteiger charge is 2.05. The van der Waals surface area contributed by atoms with Crippen LogP contribution in [0.15, 0.2) is 24.3 Å². The molecular weight excluding hydrogens is 226 g/mol.